The second kappa shape index (κ2) is 6.36. The number of morpholine rings is 1. The van der Waals surface area contributed by atoms with Crippen molar-refractivity contribution < 1.29 is 9.47 Å². The Balaban J connectivity index is 2.08. The van der Waals surface area contributed by atoms with E-state index in [1.54, 1.807) is 0 Å². The summed E-state index contributed by atoms with van der Waals surface area (Å²) in [6.45, 7) is 9.12. The van der Waals surface area contributed by atoms with Gasteiger partial charge in [-0.15, -0.1) is 0 Å². The fourth-order valence-electron chi connectivity index (χ4n) is 3.68. The van der Waals surface area contributed by atoms with Gasteiger partial charge < -0.3 is 14.8 Å². The lowest BCUT2D eigenvalue weighted by atomic mass is 9.69. The number of hydrogen-bond donors (Lipinski definition) is 1. The van der Waals surface area contributed by atoms with E-state index in [4.69, 9.17) is 9.47 Å². The smallest absolute Gasteiger partial charge is 0.0885 e. The highest BCUT2D eigenvalue weighted by molar-refractivity contribution is 5.02. The van der Waals surface area contributed by atoms with Crippen LogP contribution in [0, 0.1) is 5.92 Å². The van der Waals surface area contributed by atoms with Gasteiger partial charge in [0.15, 0.2) is 0 Å². The molecule has 1 aliphatic heterocycles. The Bertz CT molecular complexity index is 251. The molecule has 2 fully saturated rings. The fraction of sp³-hybridized carbons (Fsp3) is 1.00. The molecule has 18 heavy (non-hydrogen) atoms. The van der Waals surface area contributed by atoms with Gasteiger partial charge in [0.25, 0.3) is 0 Å². The van der Waals surface area contributed by atoms with Crippen LogP contribution in [0.4, 0.5) is 0 Å². The average Bonchev–Trinajstić information content (AvgIpc) is 2.38. The maximum Gasteiger partial charge on any atom is 0.0885 e. The zero-order valence-electron chi connectivity index (χ0n) is 12.2. The fourth-order valence-corrected chi connectivity index (χ4v) is 3.68. The van der Waals surface area contributed by atoms with E-state index in [0.29, 0.717) is 18.1 Å². The molecule has 2 aliphatic rings. The minimum Gasteiger partial charge on any atom is -0.377 e. The van der Waals surface area contributed by atoms with Crippen LogP contribution in [-0.2, 0) is 9.47 Å². The average molecular weight is 255 g/mol. The highest BCUT2D eigenvalue weighted by Crippen LogP contribution is 2.42. The molecule has 3 unspecified atom stereocenters. The second-order valence-electron chi connectivity index (χ2n) is 6.04. The molecule has 1 spiro atoms. The van der Waals surface area contributed by atoms with Gasteiger partial charge in [0, 0.05) is 6.54 Å². The Morgan fingerprint density at radius 3 is 2.94 bits per heavy atom. The third-order valence-corrected chi connectivity index (χ3v) is 4.60. The van der Waals surface area contributed by atoms with Crippen LogP contribution < -0.4 is 5.32 Å². The maximum absolute atomic E-state index is 6.31. The summed E-state index contributed by atoms with van der Waals surface area (Å²) < 4.78 is 12.2. The molecule has 0 aromatic heterocycles. The quantitative estimate of drug-likeness (QED) is 0.838. The molecule has 1 saturated carbocycles. The van der Waals surface area contributed by atoms with E-state index in [9.17, 15) is 0 Å². The maximum atomic E-state index is 6.31. The van der Waals surface area contributed by atoms with Crippen molar-refractivity contribution in [3.63, 3.8) is 0 Å². The Hall–Kier alpha value is -0.120. The molecule has 0 aromatic rings. The zero-order chi connectivity index (χ0) is 13.0. The molecule has 1 heterocycles. The first-order valence-corrected chi connectivity index (χ1v) is 7.68. The van der Waals surface area contributed by atoms with Gasteiger partial charge in [-0.1, -0.05) is 26.2 Å². The predicted molar refractivity (Wildman–Crippen MR) is 73.8 cm³/mol. The van der Waals surface area contributed by atoms with Crippen molar-refractivity contribution in [3.05, 3.63) is 0 Å². The van der Waals surface area contributed by atoms with Gasteiger partial charge in [-0.05, 0) is 32.6 Å². The van der Waals surface area contributed by atoms with Crippen molar-refractivity contribution in [3.8, 4) is 0 Å². The lowest BCUT2D eigenvalue weighted by Crippen LogP contribution is -2.64. The molecule has 2 rings (SSSR count). The van der Waals surface area contributed by atoms with Gasteiger partial charge in [-0.25, -0.2) is 0 Å². The SMILES string of the molecule is CCC1CCCCC12OCCNC2COC(C)C. The van der Waals surface area contributed by atoms with Crippen LogP contribution in [0.15, 0.2) is 0 Å². The molecule has 0 aromatic carbocycles. The first-order chi connectivity index (χ1) is 8.69. The standard InChI is InChI=1S/C15H29NO2/c1-4-13-7-5-6-8-15(13)14(11-17-12(2)3)16-9-10-18-15/h12-14,16H,4-11H2,1-3H3. The number of hydrogen-bond acceptors (Lipinski definition) is 3. The van der Waals surface area contributed by atoms with Crippen LogP contribution in [0.1, 0.15) is 52.9 Å². The first-order valence-electron chi connectivity index (χ1n) is 7.68. The van der Waals surface area contributed by atoms with E-state index in [1.807, 2.05) is 0 Å². The minimum absolute atomic E-state index is 0.0418. The lowest BCUT2D eigenvalue weighted by Gasteiger charge is -2.51. The van der Waals surface area contributed by atoms with Gasteiger partial charge in [-0.3, -0.25) is 0 Å². The van der Waals surface area contributed by atoms with E-state index in [0.717, 1.165) is 19.8 Å². The highest BCUT2D eigenvalue weighted by Gasteiger charge is 2.48. The summed E-state index contributed by atoms with van der Waals surface area (Å²) in [5.41, 5.74) is 0.0418. The van der Waals surface area contributed by atoms with Gasteiger partial charge in [0.05, 0.1) is 31.0 Å². The summed E-state index contributed by atoms with van der Waals surface area (Å²) in [6.07, 6.45) is 6.70. The molecule has 1 saturated heterocycles. The molecule has 3 atom stereocenters. The Morgan fingerprint density at radius 1 is 1.39 bits per heavy atom. The van der Waals surface area contributed by atoms with E-state index in [1.165, 1.54) is 32.1 Å². The van der Waals surface area contributed by atoms with Crippen molar-refractivity contribution in [1.82, 2.24) is 5.32 Å². The number of ether oxygens (including phenoxy) is 2. The summed E-state index contributed by atoms with van der Waals surface area (Å²) in [4.78, 5) is 0. The van der Waals surface area contributed by atoms with E-state index in [2.05, 4.69) is 26.1 Å². The first kappa shape index (κ1) is 14.3. The van der Waals surface area contributed by atoms with E-state index < -0.39 is 0 Å². The summed E-state index contributed by atoms with van der Waals surface area (Å²) in [5.74, 6) is 0.694. The lowest BCUT2D eigenvalue weighted by molar-refractivity contribution is -0.166. The minimum atomic E-state index is 0.0418. The summed E-state index contributed by atoms with van der Waals surface area (Å²) >= 11 is 0. The second-order valence-corrected chi connectivity index (χ2v) is 6.04. The molecular formula is C15H29NO2. The topological polar surface area (TPSA) is 30.5 Å². The van der Waals surface area contributed by atoms with E-state index in [-0.39, 0.29) is 5.60 Å². The molecule has 106 valence electrons. The molecule has 0 amide bonds. The van der Waals surface area contributed by atoms with Crippen LogP contribution in [0.5, 0.6) is 0 Å². The van der Waals surface area contributed by atoms with Crippen LogP contribution in [0.3, 0.4) is 0 Å². The molecular weight excluding hydrogens is 226 g/mol. The van der Waals surface area contributed by atoms with Crippen LogP contribution in [0.2, 0.25) is 0 Å². The van der Waals surface area contributed by atoms with Crippen molar-refractivity contribution in [2.75, 3.05) is 19.8 Å². The van der Waals surface area contributed by atoms with Gasteiger partial charge in [-0.2, -0.15) is 0 Å². The number of nitrogens with one attached hydrogen (secondary N) is 1. The van der Waals surface area contributed by atoms with Gasteiger partial charge in [0.1, 0.15) is 0 Å². The normalized spacial score (nSPS) is 37.3. The van der Waals surface area contributed by atoms with E-state index >= 15 is 0 Å². The van der Waals surface area contributed by atoms with Gasteiger partial charge >= 0.3 is 0 Å². The molecule has 3 heteroatoms. The molecule has 0 bridgehead atoms. The molecule has 3 nitrogen and oxygen atoms in total. The highest BCUT2D eigenvalue weighted by atomic mass is 16.5. The van der Waals surface area contributed by atoms with Crippen molar-refractivity contribution in [2.45, 2.75) is 70.6 Å². The molecule has 1 N–H and O–H groups in total. The molecule has 1 aliphatic carbocycles. The summed E-state index contributed by atoms with van der Waals surface area (Å²) in [7, 11) is 0. The third kappa shape index (κ3) is 2.89. The van der Waals surface area contributed by atoms with Crippen LogP contribution in [0.25, 0.3) is 0 Å². The Kier molecular flexibility index (Phi) is 5.05. The Labute approximate surface area is 112 Å². The van der Waals surface area contributed by atoms with Crippen molar-refractivity contribution in [2.24, 2.45) is 5.92 Å². The van der Waals surface area contributed by atoms with Crippen molar-refractivity contribution >= 4 is 0 Å². The van der Waals surface area contributed by atoms with Crippen LogP contribution >= 0.6 is 0 Å². The Morgan fingerprint density at radius 2 is 2.22 bits per heavy atom. The van der Waals surface area contributed by atoms with Gasteiger partial charge in [0.2, 0.25) is 0 Å². The summed E-state index contributed by atoms with van der Waals surface area (Å²) in [5, 5.41) is 3.65. The monoisotopic (exact) mass is 255 g/mol. The molecule has 0 radical (unpaired) electrons. The number of rotatable bonds is 4. The van der Waals surface area contributed by atoms with Crippen LogP contribution in [-0.4, -0.2) is 37.5 Å². The zero-order valence-corrected chi connectivity index (χ0v) is 12.2. The third-order valence-electron chi connectivity index (χ3n) is 4.60. The van der Waals surface area contributed by atoms with Crippen molar-refractivity contribution in [1.29, 1.82) is 0 Å². The summed E-state index contributed by atoms with van der Waals surface area (Å²) in [6, 6.07) is 0.374. The predicted octanol–water partition coefficient (Wildman–Crippen LogP) is 2.74. The largest absolute Gasteiger partial charge is 0.377 e.